The Hall–Kier alpha value is -2.97. The van der Waals surface area contributed by atoms with Crippen LogP contribution in [0.3, 0.4) is 0 Å². The maximum Gasteiger partial charge on any atom is 0.254 e. The smallest absolute Gasteiger partial charge is 0.254 e. The lowest BCUT2D eigenvalue weighted by molar-refractivity contribution is -0.117. The van der Waals surface area contributed by atoms with E-state index in [1.807, 2.05) is 38.1 Å². The molecule has 1 aromatic heterocycles. The fraction of sp³-hybridized carbons (Fsp3) is 0.370. The maximum atomic E-state index is 13.2. The van der Waals surface area contributed by atoms with E-state index in [0.717, 1.165) is 27.0 Å². The van der Waals surface area contributed by atoms with E-state index in [1.165, 1.54) is 4.90 Å². The Balaban J connectivity index is 1.89. The van der Waals surface area contributed by atoms with Gasteiger partial charge in [0, 0.05) is 35.2 Å². The number of carbonyl (C=O) groups excluding carboxylic acids is 2. The lowest BCUT2D eigenvalue weighted by atomic mass is 9.92. The first-order valence-corrected chi connectivity index (χ1v) is 12.3. The van der Waals surface area contributed by atoms with E-state index >= 15 is 0 Å². The average molecular weight is 541 g/mol. The van der Waals surface area contributed by atoms with Crippen LogP contribution in [0.5, 0.6) is 0 Å². The molecule has 2 amide bonds. The number of hydrogen-bond acceptors (Lipinski definition) is 4. The monoisotopic (exact) mass is 540 g/mol. The van der Waals surface area contributed by atoms with Crippen LogP contribution in [-0.4, -0.2) is 53.3 Å². The van der Waals surface area contributed by atoms with Gasteiger partial charge in [-0.15, -0.1) is 0 Å². The molecular weight excluding hydrogens is 508 g/mol. The largest absolute Gasteiger partial charge is 0.383 e. The van der Waals surface area contributed by atoms with Crippen LogP contribution in [0, 0.1) is 13.8 Å². The molecule has 0 aliphatic rings. The molecule has 35 heavy (non-hydrogen) atoms. The van der Waals surface area contributed by atoms with Crippen molar-refractivity contribution in [1.82, 2.24) is 14.7 Å². The minimum atomic E-state index is -0.309. The van der Waals surface area contributed by atoms with Crippen LogP contribution in [0.1, 0.15) is 48.0 Å². The number of halogens is 1. The number of ether oxygens (including phenoxy) is 1. The van der Waals surface area contributed by atoms with Gasteiger partial charge in [0.25, 0.3) is 5.91 Å². The number of nitrogens with one attached hydrogen (secondary N) is 1. The minimum Gasteiger partial charge on any atom is -0.383 e. The summed E-state index contributed by atoms with van der Waals surface area (Å²) in [5, 5.41) is 7.80. The van der Waals surface area contributed by atoms with Crippen LogP contribution in [0.2, 0.25) is 0 Å². The minimum absolute atomic E-state index is 0.113. The van der Waals surface area contributed by atoms with Crippen molar-refractivity contribution < 1.29 is 14.3 Å². The summed E-state index contributed by atoms with van der Waals surface area (Å²) < 4.78 is 7.74. The first kappa shape index (κ1) is 26.6. The topological polar surface area (TPSA) is 76.5 Å². The highest BCUT2D eigenvalue weighted by molar-refractivity contribution is 9.10. The predicted octanol–water partition coefficient (Wildman–Crippen LogP) is 5.28. The molecule has 3 rings (SSSR count). The van der Waals surface area contributed by atoms with Crippen molar-refractivity contribution in [2.45, 2.75) is 40.0 Å². The summed E-state index contributed by atoms with van der Waals surface area (Å²) >= 11 is 3.40. The van der Waals surface area contributed by atoms with Crippen molar-refractivity contribution in [3.8, 4) is 5.69 Å². The van der Waals surface area contributed by atoms with Crippen LogP contribution in [0.4, 0.5) is 5.82 Å². The Kier molecular flexibility index (Phi) is 8.51. The molecule has 0 radical (unpaired) electrons. The van der Waals surface area contributed by atoms with E-state index < -0.39 is 0 Å². The molecule has 0 bridgehead atoms. The zero-order valence-electron chi connectivity index (χ0n) is 21.2. The van der Waals surface area contributed by atoms with Crippen LogP contribution in [-0.2, 0) is 14.9 Å². The summed E-state index contributed by atoms with van der Waals surface area (Å²) in [5.41, 5.74) is 4.25. The van der Waals surface area contributed by atoms with Gasteiger partial charge in [-0.05, 0) is 43.7 Å². The highest BCUT2D eigenvalue weighted by Gasteiger charge is 2.24. The molecule has 8 heteroatoms. The Morgan fingerprint density at radius 1 is 1.11 bits per heavy atom. The number of aromatic nitrogens is 2. The number of carbonyl (C=O) groups is 2. The molecule has 0 aliphatic heterocycles. The summed E-state index contributed by atoms with van der Waals surface area (Å²) in [7, 11) is 1.57. The van der Waals surface area contributed by atoms with Crippen molar-refractivity contribution in [3.05, 3.63) is 75.4 Å². The van der Waals surface area contributed by atoms with Crippen LogP contribution in [0.25, 0.3) is 5.69 Å². The van der Waals surface area contributed by atoms with Gasteiger partial charge in [-0.1, -0.05) is 60.5 Å². The number of nitrogens with zero attached hydrogens (tertiary/aromatic N) is 3. The van der Waals surface area contributed by atoms with Gasteiger partial charge in [0.15, 0.2) is 0 Å². The fourth-order valence-corrected chi connectivity index (χ4v) is 4.08. The molecule has 7 nitrogen and oxygen atoms in total. The maximum absolute atomic E-state index is 13.2. The van der Waals surface area contributed by atoms with Crippen molar-refractivity contribution in [3.63, 3.8) is 0 Å². The first-order valence-electron chi connectivity index (χ1n) is 11.5. The molecule has 0 unspecified atom stereocenters. The van der Waals surface area contributed by atoms with Gasteiger partial charge in [0.2, 0.25) is 5.91 Å². The van der Waals surface area contributed by atoms with E-state index in [0.29, 0.717) is 24.5 Å². The zero-order chi connectivity index (χ0) is 25.8. The third kappa shape index (κ3) is 6.80. The van der Waals surface area contributed by atoms with Gasteiger partial charge in [-0.3, -0.25) is 9.59 Å². The van der Waals surface area contributed by atoms with Crippen molar-refractivity contribution in [2.75, 3.05) is 32.1 Å². The summed E-state index contributed by atoms with van der Waals surface area (Å²) in [6.07, 6.45) is 0. The van der Waals surface area contributed by atoms with Crippen LogP contribution < -0.4 is 5.32 Å². The second-order valence-electron chi connectivity index (χ2n) is 9.64. The van der Waals surface area contributed by atoms with E-state index in [9.17, 15) is 9.59 Å². The highest BCUT2D eigenvalue weighted by atomic mass is 79.9. The Morgan fingerprint density at radius 2 is 1.86 bits per heavy atom. The predicted molar refractivity (Wildman–Crippen MR) is 142 cm³/mol. The van der Waals surface area contributed by atoms with Crippen molar-refractivity contribution >= 4 is 33.6 Å². The molecule has 1 N–H and O–H groups in total. The van der Waals surface area contributed by atoms with Gasteiger partial charge >= 0.3 is 0 Å². The number of methoxy groups -OCH3 is 1. The third-order valence-corrected chi connectivity index (χ3v) is 6.08. The van der Waals surface area contributed by atoms with Gasteiger partial charge < -0.3 is 15.0 Å². The quantitative estimate of drug-likeness (QED) is 0.421. The molecular formula is C27H33BrN4O3. The summed E-state index contributed by atoms with van der Waals surface area (Å²) in [4.78, 5) is 27.8. The number of aryl methyl sites for hydroxylation is 2. The first-order chi connectivity index (χ1) is 16.5. The summed E-state index contributed by atoms with van der Waals surface area (Å²) in [5.74, 6) is 0.0149. The number of rotatable bonds is 8. The Bertz CT molecular complexity index is 1210. The number of amides is 2. The van der Waals surface area contributed by atoms with Gasteiger partial charge in [0.05, 0.1) is 18.0 Å². The molecule has 1 heterocycles. The Labute approximate surface area is 215 Å². The number of benzene rings is 2. The second-order valence-corrected chi connectivity index (χ2v) is 10.6. The summed E-state index contributed by atoms with van der Waals surface area (Å²) in [6, 6.07) is 15.1. The molecule has 3 aromatic rings. The molecule has 0 fully saturated rings. The van der Waals surface area contributed by atoms with Crippen LogP contribution in [0.15, 0.2) is 53.0 Å². The number of anilines is 1. The third-order valence-electron chi connectivity index (χ3n) is 5.58. The molecule has 186 valence electrons. The molecule has 0 saturated heterocycles. The molecule has 0 aliphatic carbocycles. The second kappa shape index (κ2) is 11.2. The Morgan fingerprint density at radius 3 is 2.49 bits per heavy atom. The van der Waals surface area contributed by atoms with Gasteiger partial charge in [-0.25, -0.2) is 4.68 Å². The van der Waals surface area contributed by atoms with E-state index in [1.54, 1.807) is 30.0 Å². The summed E-state index contributed by atoms with van der Waals surface area (Å²) in [6.45, 7) is 10.8. The lowest BCUT2D eigenvalue weighted by Gasteiger charge is -2.22. The molecule has 2 aromatic carbocycles. The molecule has 0 atom stereocenters. The standard InChI is InChI=1S/C27H33BrN4O3/c1-18-10-11-22(19(2)14-18)32-24(16-23(30-32)27(3,4)5)29-25(33)17-31(12-13-35-6)26(34)20-8-7-9-21(28)15-20/h7-11,14-16H,12-13,17H2,1-6H3,(H,29,33). The van der Waals surface area contributed by atoms with Crippen molar-refractivity contribution in [1.29, 1.82) is 0 Å². The normalized spacial score (nSPS) is 11.4. The van der Waals surface area contributed by atoms with Crippen molar-refractivity contribution in [2.24, 2.45) is 0 Å². The van der Waals surface area contributed by atoms with Crippen LogP contribution >= 0.6 is 15.9 Å². The zero-order valence-corrected chi connectivity index (χ0v) is 22.8. The fourth-order valence-electron chi connectivity index (χ4n) is 3.68. The number of hydrogen-bond donors (Lipinski definition) is 1. The molecule has 0 spiro atoms. The van der Waals surface area contributed by atoms with E-state index in [4.69, 9.17) is 9.84 Å². The highest BCUT2D eigenvalue weighted by Crippen LogP contribution is 2.28. The average Bonchev–Trinajstić information content (AvgIpc) is 3.20. The van der Waals surface area contributed by atoms with Gasteiger partial charge in [-0.2, -0.15) is 5.10 Å². The SMILES string of the molecule is COCCN(CC(=O)Nc1cc(C(C)(C)C)nn1-c1ccc(C)cc1C)C(=O)c1cccc(Br)c1. The lowest BCUT2D eigenvalue weighted by Crippen LogP contribution is -2.40. The van der Waals surface area contributed by atoms with Gasteiger partial charge in [0.1, 0.15) is 12.4 Å². The van der Waals surface area contributed by atoms with E-state index in [-0.39, 0.29) is 23.8 Å². The molecule has 0 saturated carbocycles. The van der Waals surface area contributed by atoms with E-state index in [2.05, 4.69) is 48.1 Å².